The van der Waals surface area contributed by atoms with Crippen LogP contribution in [-0.4, -0.2) is 83.1 Å². The number of hydrogen-bond acceptors (Lipinski definition) is 7. The molecule has 4 aliphatic rings. The van der Waals surface area contributed by atoms with Gasteiger partial charge in [-0.15, -0.1) is 0 Å². The zero-order valence-corrected chi connectivity index (χ0v) is 22.1. The maximum absolute atomic E-state index is 12.9. The van der Waals surface area contributed by atoms with Gasteiger partial charge in [-0.3, -0.25) is 9.69 Å². The maximum atomic E-state index is 12.9. The van der Waals surface area contributed by atoms with Crippen LogP contribution < -0.4 is 16.0 Å². The van der Waals surface area contributed by atoms with Crippen molar-refractivity contribution in [2.75, 3.05) is 49.5 Å². The molecule has 0 radical (unpaired) electrons. The third-order valence-electron chi connectivity index (χ3n) is 9.13. The van der Waals surface area contributed by atoms with Crippen LogP contribution >= 0.6 is 0 Å². The summed E-state index contributed by atoms with van der Waals surface area (Å²) in [6.07, 6.45) is 17.1. The van der Waals surface area contributed by atoms with Crippen LogP contribution in [0.3, 0.4) is 0 Å². The molecule has 0 aromatic carbocycles. The quantitative estimate of drug-likeness (QED) is 0.567. The molecule has 2 unspecified atom stereocenters. The molecule has 8 nitrogen and oxygen atoms in total. The topological polar surface area (TPSA) is 90.6 Å². The second-order valence-electron chi connectivity index (χ2n) is 11.5. The normalized spacial score (nSPS) is 26.9. The summed E-state index contributed by atoms with van der Waals surface area (Å²) in [5.74, 6) is 2.54. The largest absolute Gasteiger partial charge is 0.356 e. The molecule has 1 aliphatic carbocycles. The zero-order valence-electron chi connectivity index (χ0n) is 22.1. The average molecular weight is 498 g/mol. The van der Waals surface area contributed by atoms with E-state index in [-0.39, 0.29) is 0 Å². The fourth-order valence-corrected chi connectivity index (χ4v) is 7.10. The Morgan fingerprint density at radius 2 is 1.69 bits per heavy atom. The SMILES string of the molecule is NCCCC1C(Nc2nccc(N3CCCCCC3)n2)CCN1C1CCN(C(=O)C2CCCC2)CC1. The lowest BCUT2D eigenvalue weighted by Gasteiger charge is -2.41. The van der Waals surface area contributed by atoms with Crippen molar-refractivity contribution in [3.8, 4) is 0 Å². The van der Waals surface area contributed by atoms with Crippen molar-refractivity contribution in [3.05, 3.63) is 12.3 Å². The van der Waals surface area contributed by atoms with E-state index in [1.807, 2.05) is 6.20 Å². The molecule has 3 saturated heterocycles. The van der Waals surface area contributed by atoms with Crippen LogP contribution in [0, 0.1) is 5.92 Å². The highest BCUT2D eigenvalue weighted by molar-refractivity contribution is 5.79. The monoisotopic (exact) mass is 497 g/mol. The summed E-state index contributed by atoms with van der Waals surface area (Å²) < 4.78 is 0. The van der Waals surface area contributed by atoms with E-state index < -0.39 is 0 Å². The molecular formula is C28H47N7O. The van der Waals surface area contributed by atoms with Crippen molar-refractivity contribution in [2.45, 2.75) is 102 Å². The lowest BCUT2D eigenvalue weighted by atomic mass is 9.97. The molecule has 200 valence electrons. The first-order chi connectivity index (χ1) is 17.7. The Morgan fingerprint density at radius 1 is 0.944 bits per heavy atom. The van der Waals surface area contributed by atoms with Crippen LogP contribution in [-0.2, 0) is 4.79 Å². The van der Waals surface area contributed by atoms with Crippen LogP contribution in [0.1, 0.15) is 83.5 Å². The number of nitrogens with one attached hydrogen (secondary N) is 1. The Labute approximate surface area is 217 Å². The molecule has 3 aliphatic heterocycles. The third-order valence-corrected chi connectivity index (χ3v) is 9.13. The minimum atomic E-state index is 0.296. The molecule has 5 rings (SSSR count). The van der Waals surface area contributed by atoms with E-state index in [2.05, 4.69) is 31.1 Å². The summed E-state index contributed by atoms with van der Waals surface area (Å²) in [4.78, 5) is 29.8. The van der Waals surface area contributed by atoms with E-state index in [9.17, 15) is 4.79 Å². The van der Waals surface area contributed by atoms with Gasteiger partial charge >= 0.3 is 0 Å². The third kappa shape index (κ3) is 6.13. The first-order valence-electron chi connectivity index (χ1n) is 14.8. The summed E-state index contributed by atoms with van der Waals surface area (Å²) in [5, 5.41) is 3.73. The van der Waals surface area contributed by atoms with E-state index in [1.54, 1.807) is 0 Å². The van der Waals surface area contributed by atoms with Crippen LogP contribution in [0.25, 0.3) is 0 Å². The number of nitrogens with two attached hydrogens (primary N) is 1. The molecular weight excluding hydrogens is 450 g/mol. The fourth-order valence-electron chi connectivity index (χ4n) is 7.10. The summed E-state index contributed by atoms with van der Waals surface area (Å²) in [6.45, 7) is 5.84. The van der Waals surface area contributed by atoms with Gasteiger partial charge in [0.2, 0.25) is 11.9 Å². The van der Waals surface area contributed by atoms with Gasteiger partial charge in [-0.1, -0.05) is 25.7 Å². The lowest BCUT2D eigenvalue weighted by Crippen LogP contribution is -2.51. The van der Waals surface area contributed by atoms with Crippen molar-refractivity contribution < 1.29 is 4.79 Å². The Balaban J connectivity index is 1.20. The molecule has 36 heavy (non-hydrogen) atoms. The van der Waals surface area contributed by atoms with E-state index >= 15 is 0 Å². The molecule has 4 heterocycles. The second kappa shape index (κ2) is 12.5. The number of anilines is 2. The van der Waals surface area contributed by atoms with Crippen molar-refractivity contribution in [2.24, 2.45) is 11.7 Å². The predicted molar refractivity (Wildman–Crippen MR) is 145 cm³/mol. The lowest BCUT2D eigenvalue weighted by molar-refractivity contribution is -0.137. The van der Waals surface area contributed by atoms with Crippen molar-refractivity contribution in [1.82, 2.24) is 19.8 Å². The number of carbonyl (C=O) groups excluding carboxylic acids is 1. The van der Waals surface area contributed by atoms with E-state index in [1.165, 1.54) is 38.5 Å². The van der Waals surface area contributed by atoms with Crippen LogP contribution in [0.15, 0.2) is 12.3 Å². The van der Waals surface area contributed by atoms with Gasteiger partial charge in [0.15, 0.2) is 0 Å². The highest BCUT2D eigenvalue weighted by Crippen LogP contribution is 2.32. The Kier molecular flexibility index (Phi) is 8.96. The predicted octanol–water partition coefficient (Wildman–Crippen LogP) is 3.63. The highest BCUT2D eigenvalue weighted by atomic mass is 16.2. The summed E-state index contributed by atoms with van der Waals surface area (Å²) in [6, 6.07) is 3.40. The standard InChI is InChI=1S/C28H47N7O/c29-15-7-10-25-24(31-28-30-16-11-26(32-28)33-17-5-1-2-6-18-33)14-21-35(25)23-12-19-34(20-13-23)27(36)22-8-3-4-9-22/h11,16,22-25H,1-10,12-15,17-21,29H2,(H,30,31,32). The van der Waals surface area contributed by atoms with Crippen molar-refractivity contribution in [3.63, 3.8) is 0 Å². The molecule has 1 aromatic heterocycles. The van der Waals surface area contributed by atoms with E-state index in [4.69, 9.17) is 10.7 Å². The molecule has 4 fully saturated rings. The van der Waals surface area contributed by atoms with E-state index in [0.29, 0.717) is 30.0 Å². The van der Waals surface area contributed by atoms with Crippen LogP contribution in [0.4, 0.5) is 11.8 Å². The summed E-state index contributed by atoms with van der Waals surface area (Å²) in [5.41, 5.74) is 5.94. The number of likely N-dealkylation sites (tertiary alicyclic amines) is 2. The molecule has 1 aromatic rings. The first-order valence-corrected chi connectivity index (χ1v) is 14.8. The molecule has 0 spiro atoms. The van der Waals surface area contributed by atoms with Gasteiger partial charge in [0.25, 0.3) is 0 Å². The number of nitrogens with zero attached hydrogens (tertiary/aromatic N) is 5. The highest BCUT2D eigenvalue weighted by Gasteiger charge is 2.40. The summed E-state index contributed by atoms with van der Waals surface area (Å²) in [7, 11) is 0. The summed E-state index contributed by atoms with van der Waals surface area (Å²) >= 11 is 0. The smallest absolute Gasteiger partial charge is 0.225 e. The molecule has 0 bridgehead atoms. The minimum absolute atomic E-state index is 0.296. The van der Waals surface area contributed by atoms with Gasteiger partial charge in [-0.05, 0) is 70.4 Å². The van der Waals surface area contributed by atoms with Gasteiger partial charge in [0, 0.05) is 63.0 Å². The van der Waals surface area contributed by atoms with Gasteiger partial charge in [-0.25, -0.2) is 4.98 Å². The first kappa shape index (κ1) is 25.7. The molecule has 1 amide bonds. The van der Waals surface area contributed by atoms with Crippen molar-refractivity contribution >= 4 is 17.7 Å². The molecule has 1 saturated carbocycles. The number of amides is 1. The molecule has 8 heteroatoms. The van der Waals surface area contributed by atoms with Crippen LogP contribution in [0.2, 0.25) is 0 Å². The second-order valence-corrected chi connectivity index (χ2v) is 11.5. The molecule has 3 N–H and O–H groups in total. The van der Waals surface area contributed by atoms with E-state index in [0.717, 1.165) is 96.0 Å². The Hall–Kier alpha value is -1.93. The number of carbonyl (C=O) groups is 1. The Morgan fingerprint density at radius 3 is 2.42 bits per heavy atom. The maximum Gasteiger partial charge on any atom is 0.225 e. The number of piperidine rings is 1. The van der Waals surface area contributed by atoms with Gasteiger partial charge < -0.3 is 20.9 Å². The average Bonchev–Trinajstić information content (AvgIpc) is 3.51. The molecule has 2 atom stereocenters. The Bertz CT molecular complexity index is 829. The fraction of sp³-hybridized carbons (Fsp3) is 0.821. The van der Waals surface area contributed by atoms with Crippen molar-refractivity contribution in [1.29, 1.82) is 0 Å². The van der Waals surface area contributed by atoms with Gasteiger partial charge in [0.1, 0.15) is 5.82 Å². The minimum Gasteiger partial charge on any atom is -0.356 e. The van der Waals surface area contributed by atoms with Gasteiger partial charge in [-0.2, -0.15) is 4.98 Å². The number of aromatic nitrogens is 2. The number of hydrogen-bond donors (Lipinski definition) is 2. The van der Waals surface area contributed by atoms with Crippen LogP contribution in [0.5, 0.6) is 0 Å². The zero-order chi connectivity index (χ0) is 24.7. The van der Waals surface area contributed by atoms with Gasteiger partial charge in [0.05, 0.1) is 0 Å². The number of rotatable bonds is 8.